The molecule has 0 radical (unpaired) electrons. The predicted octanol–water partition coefficient (Wildman–Crippen LogP) is 8.23. The molecule has 0 saturated heterocycles. The second kappa shape index (κ2) is 7.06. The molecule has 0 amide bonds. The zero-order chi connectivity index (χ0) is 13.1. The van der Waals surface area contributed by atoms with E-state index < -0.39 is 0 Å². The third-order valence-electron chi connectivity index (χ3n) is 4.00. The summed E-state index contributed by atoms with van der Waals surface area (Å²) in [6, 6.07) is 21.8. The third-order valence-corrected chi connectivity index (χ3v) is 5.14. The van der Waals surface area contributed by atoms with E-state index in [9.17, 15) is 0 Å². The normalized spacial score (nSPS) is 10.0. The largest absolute Gasteiger partial charge is 0.354 e. The maximum Gasteiger partial charge on any atom is 0.0472 e. The van der Waals surface area contributed by atoms with Crippen LogP contribution in [-0.2, 0) is 0 Å². The number of hydrogen-bond acceptors (Lipinski definition) is 1. The average molecular weight is 338 g/mol. The molecular formula is C22H27NS. The van der Waals surface area contributed by atoms with Crippen molar-refractivity contribution in [1.82, 2.24) is 4.98 Å². The molecule has 2 heterocycles. The minimum absolute atomic E-state index is 0. The van der Waals surface area contributed by atoms with Gasteiger partial charge in [-0.2, -0.15) is 0 Å². The quantitative estimate of drug-likeness (QED) is 0.293. The van der Waals surface area contributed by atoms with Gasteiger partial charge >= 0.3 is 0 Å². The van der Waals surface area contributed by atoms with E-state index in [1.54, 1.807) is 0 Å². The van der Waals surface area contributed by atoms with Crippen LogP contribution in [0.15, 0.2) is 60.7 Å². The Kier molecular flexibility index (Phi) is 5.80. The molecule has 2 aromatic heterocycles. The zero-order valence-corrected chi connectivity index (χ0v) is 11.5. The van der Waals surface area contributed by atoms with Crippen molar-refractivity contribution in [2.75, 3.05) is 0 Å². The van der Waals surface area contributed by atoms with E-state index in [1.165, 1.54) is 42.0 Å². The molecule has 24 heavy (non-hydrogen) atoms. The SMILES string of the molecule is C.C.C.C.c1ccc2c(c1)[nH]c1cc3c(cc12)sc1ccccc13. The van der Waals surface area contributed by atoms with Crippen molar-refractivity contribution in [2.24, 2.45) is 0 Å². The van der Waals surface area contributed by atoms with Gasteiger partial charge in [-0.25, -0.2) is 0 Å². The Hall–Kier alpha value is -2.32. The summed E-state index contributed by atoms with van der Waals surface area (Å²) in [7, 11) is 0. The van der Waals surface area contributed by atoms with E-state index in [0.717, 1.165) is 0 Å². The van der Waals surface area contributed by atoms with Crippen LogP contribution >= 0.6 is 11.3 Å². The minimum atomic E-state index is 0. The molecule has 1 N–H and O–H groups in total. The molecule has 0 bridgehead atoms. The van der Waals surface area contributed by atoms with Crippen molar-refractivity contribution in [1.29, 1.82) is 0 Å². The zero-order valence-electron chi connectivity index (χ0n) is 10.7. The van der Waals surface area contributed by atoms with Gasteiger partial charge in [-0.15, -0.1) is 11.3 Å². The highest BCUT2D eigenvalue weighted by molar-refractivity contribution is 7.25. The Labute approximate surface area is 148 Å². The highest BCUT2D eigenvalue weighted by atomic mass is 32.1. The monoisotopic (exact) mass is 337 g/mol. The Morgan fingerprint density at radius 1 is 0.542 bits per heavy atom. The summed E-state index contributed by atoms with van der Waals surface area (Å²) in [5, 5.41) is 5.33. The molecule has 0 unspecified atom stereocenters. The van der Waals surface area contributed by atoms with Gasteiger partial charge in [0.25, 0.3) is 0 Å². The number of thiophene rings is 1. The first-order valence-electron chi connectivity index (χ1n) is 6.72. The molecule has 0 atom stereocenters. The molecule has 0 aliphatic rings. The summed E-state index contributed by atoms with van der Waals surface area (Å²) in [5.74, 6) is 0. The number of nitrogens with one attached hydrogen (secondary N) is 1. The first-order valence-corrected chi connectivity index (χ1v) is 7.53. The van der Waals surface area contributed by atoms with Crippen LogP contribution < -0.4 is 0 Å². The highest BCUT2D eigenvalue weighted by Crippen LogP contribution is 2.37. The lowest BCUT2D eigenvalue weighted by atomic mass is 10.1. The molecule has 1 nitrogen and oxygen atoms in total. The molecule has 0 spiro atoms. The third kappa shape index (κ3) is 2.57. The molecule has 2 heteroatoms. The van der Waals surface area contributed by atoms with Gasteiger partial charge in [0.05, 0.1) is 0 Å². The predicted molar refractivity (Wildman–Crippen MR) is 116 cm³/mol. The van der Waals surface area contributed by atoms with Crippen molar-refractivity contribution in [3.05, 3.63) is 60.7 Å². The van der Waals surface area contributed by atoms with E-state index in [2.05, 4.69) is 65.6 Å². The molecule has 0 saturated carbocycles. The maximum absolute atomic E-state index is 3.53. The molecule has 0 aliphatic heterocycles. The van der Waals surface area contributed by atoms with Crippen molar-refractivity contribution < 1.29 is 0 Å². The minimum Gasteiger partial charge on any atom is -0.354 e. The summed E-state index contributed by atoms with van der Waals surface area (Å²) in [5.41, 5.74) is 2.44. The van der Waals surface area contributed by atoms with E-state index in [0.29, 0.717) is 0 Å². The van der Waals surface area contributed by atoms with Crippen molar-refractivity contribution in [3.8, 4) is 0 Å². The van der Waals surface area contributed by atoms with Gasteiger partial charge in [0, 0.05) is 42.0 Å². The van der Waals surface area contributed by atoms with Crippen LogP contribution in [0.4, 0.5) is 0 Å². The first kappa shape index (κ1) is 19.7. The van der Waals surface area contributed by atoms with E-state index >= 15 is 0 Å². The number of aromatic nitrogens is 1. The van der Waals surface area contributed by atoms with Crippen LogP contribution in [0.2, 0.25) is 0 Å². The van der Waals surface area contributed by atoms with Crippen LogP contribution in [0.3, 0.4) is 0 Å². The second-order valence-electron chi connectivity index (χ2n) is 5.16. The Morgan fingerprint density at radius 3 is 2.00 bits per heavy atom. The fraction of sp³-hybridized carbons (Fsp3) is 0.182. The number of fused-ring (bicyclic) bond motifs is 6. The summed E-state index contributed by atoms with van der Waals surface area (Å²) in [6.07, 6.45) is 0. The van der Waals surface area contributed by atoms with Crippen molar-refractivity contribution in [3.63, 3.8) is 0 Å². The summed E-state index contributed by atoms with van der Waals surface area (Å²) >= 11 is 1.87. The topological polar surface area (TPSA) is 15.8 Å². The lowest BCUT2D eigenvalue weighted by Gasteiger charge is -1.93. The number of para-hydroxylation sites is 1. The summed E-state index contributed by atoms with van der Waals surface area (Å²) in [6.45, 7) is 0. The fourth-order valence-electron chi connectivity index (χ4n) is 3.07. The molecule has 5 rings (SSSR count). The maximum atomic E-state index is 3.53. The second-order valence-corrected chi connectivity index (χ2v) is 6.25. The molecule has 0 fully saturated rings. The van der Waals surface area contributed by atoms with Crippen LogP contribution in [0.1, 0.15) is 29.7 Å². The number of rotatable bonds is 0. The standard InChI is InChI=1S/C18H11NS.4CH4/c1-3-7-15-11(5-1)13-10-18-14(9-16(13)19-15)12-6-2-4-8-17(12)20-18;;;;/h1-10,19H;4*1H4. The number of benzene rings is 3. The number of hydrogen-bond donors (Lipinski definition) is 1. The Balaban J connectivity index is 0.000000720. The van der Waals surface area contributed by atoms with Crippen molar-refractivity contribution >= 4 is 53.3 Å². The smallest absolute Gasteiger partial charge is 0.0472 e. The molecule has 5 aromatic rings. The lowest BCUT2D eigenvalue weighted by Crippen LogP contribution is -1.69. The summed E-state index contributed by atoms with van der Waals surface area (Å²) in [4.78, 5) is 3.53. The van der Waals surface area contributed by atoms with Crippen LogP contribution in [0.5, 0.6) is 0 Å². The molecule has 3 aromatic carbocycles. The van der Waals surface area contributed by atoms with Gasteiger partial charge < -0.3 is 4.98 Å². The molecule has 0 aliphatic carbocycles. The molecule has 126 valence electrons. The van der Waals surface area contributed by atoms with Crippen LogP contribution in [0.25, 0.3) is 42.0 Å². The Morgan fingerprint density at radius 2 is 1.21 bits per heavy atom. The van der Waals surface area contributed by atoms with E-state index in [-0.39, 0.29) is 29.7 Å². The van der Waals surface area contributed by atoms with E-state index in [4.69, 9.17) is 0 Å². The van der Waals surface area contributed by atoms with E-state index in [1.807, 2.05) is 11.3 Å². The number of aromatic amines is 1. The van der Waals surface area contributed by atoms with Crippen molar-refractivity contribution in [2.45, 2.75) is 29.7 Å². The fourth-order valence-corrected chi connectivity index (χ4v) is 4.20. The van der Waals surface area contributed by atoms with Gasteiger partial charge in [0.1, 0.15) is 0 Å². The summed E-state index contributed by atoms with van der Waals surface area (Å²) < 4.78 is 2.72. The lowest BCUT2D eigenvalue weighted by molar-refractivity contribution is 1.56. The first-order chi connectivity index (χ1) is 9.90. The Bertz CT molecular complexity index is 1010. The van der Waals surface area contributed by atoms with Gasteiger partial charge in [-0.3, -0.25) is 0 Å². The van der Waals surface area contributed by atoms with Gasteiger partial charge in [-0.1, -0.05) is 66.1 Å². The highest BCUT2D eigenvalue weighted by Gasteiger charge is 2.09. The average Bonchev–Trinajstić information content (AvgIpc) is 3.02. The number of H-pyrrole nitrogens is 1. The van der Waals surface area contributed by atoms with Gasteiger partial charge in [0.15, 0.2) is 0 Å². The van der Waals surface area contributed by atoms with Crippen LogP contribution in [-0.4, -0.2) is 4.98 Å². The van der Waals surface area contributed by atoms with Gasteiger partial charge in [0.2, 0.25) is 0 Å². The van der Waals surface area contributed by atoms with Crippen LogP contribution in [0, 0.1) is 0 Å². The molecular weight excluding hydrogens is 310 g/mol. The van der Waals surface area contributed by atoms with Gasteiger partial charge in [-0.05, 0) is 24.3 Å².